The van der Waals surface area contributed by atoms with Gasteiger partial charge in [0.05, 0.1) is 24.0 Å². The Morgan fingerprint density at radius 1 is 1.20 bits per heavy atom. The first-order valence-corrected chi connectivity index (χ1v) is 11.5. The highest BCUT2D eigenvalue weighted by Gasteiger charge is 2.28. The minimum Gasteiger partial charge on any atom is -0.504 e. The van der Waals surface area contributed by atoms with E-state index in [0.29, 0.717) is 11.8 Å². The highest BCUT2D eigenvalue weighted by molar-refractivity contribution is 5.50. The fourth-order valence-corrected chi connectivity index (χ4v) is 4.79. The third-order valence-corrected chi connectivity index (χ3v) is 6.55. The summed E-state index contributed by atoms with van der Waals surface area (Å²) in [7, 11) is 0. The molecule has 1 saturated heterocycles. The Kier molecular flexibility index (Phi) is 6.82. The smallest absolute Gasteiger partial charge is 0.161 e. The summed E-state index contributed by atoms with van der Waals surface area (Å²) in [5.41, 5.74) is 2.21. The van der Waals surface area contributed by atoms with Gasteiger partial charge in [0.1, 0.15) is 0 Å². The topological polar surface area (TPSA) is 59.8 Å². The largest absolute Gasteiger partial charge is 0.504 e. The van der Waals surface area contributed by atoms with E-state index >= 15 is 0 Å². The van der Waals surface area contributed by atoms with Crippen molar-refractivity contribution in [3.63, 3.8) is 0 Å². The van der Waals surface area contributed by atoms with Crippen LogP contribution >= 0.6 is 0 Å². The van der Waals surface area contributed by atoms with Crippen LogP contribution in [0.15, 0.2) is 30.6 Å². The van der Waals surface area contributed by atoms with Gasteiger partial charge in [-0.2, -0.15) is 5.10 Å². The molecule has 1 unspecified atom stereocenters. The van der Waals surface area contributed by atoms with E-state index in [0.717, 1.165) is 56.7 Å². The van der Waals surface area contributed by atoms with Crippen molar-refractivity contribution in [1.29, 1.82) is 0 Å². The van der Waals surface area contributed by atoms with Gasteiger partial charge in [-0.05, 0) is 70.1 Å². The van der Waals surface area contributed by atoms with E-state index < -0.39 is 0 Å². The SMILES string of the molecule is CCn1cc(N(C2CCOCC2)C(C)c2ccc(OC3CCCCC3)c(O)c2)cn1. The first kappa shape index (κ1) is 21.0. The Bertz CT molecular complexity index is 810. The van der Waals surface area contributed by atoms with Gasteiger partial charge >= 0.3 is 0 Å². The van der Waals surface area contributed by atoms with E-state index in [1.54, 1.807) is 0 Å². The maximum absolute atomic E-state index is 10.7. The number of aromatic nitrogens is 2. The van der Waals surface area contributed by atoms with Crippen LogP contribution in [0.25, 0.3) is 0 Å². The van der Waals surface area contributed by atoms with Crippen LogP contribution in [0, 0.1) is 0 Å². The minimum absolute atomic E-state index is 0.109. The average molecular weight is 414 g/mol. The molecule has 1 aromatic carbocycles. The van der Waals surface area contributed by atoms with Gasteiger partial charge in [0.25, 0.3) is 0 Å². The normalized spacial score (nSPS) is 19.5. The third kappa shape index (κ3) is 4.75. The Labute approximate surface area is 179 Å². The standard InChI is InChI=1S/C24H35N3O3/c1-3-26-17-21(16-25-26)27(20-11-13-29-14-12-20)18(2)19-9-10-24(23(28)15-19)30-22-7-5-4-6-8-22/h9-10,15-18,20,22,28H,3-8,11-14H2,1-2H3. The molecule has 6 heteroatoms. The monoisotopic (exact) mass is 413 g/mol. The number of anilines is 1. The van der Waals surface area contributed by atoms with Crippen molar-refractivity contribution in [2.45, 2.75) is 83.5 Å². The number of phenols is 1. The number of aryl methyl sites for hydroxylation is 1. The lowest BCUT2D eigenvalue weighted by Gasteiger charge is -2.39. The van der Waals surface area contributed by atoms with Crippen LogP contribution in [-0.4, -0.2) is 40.2 Å². The molecule has 0 spiro atoms. The summed E-state index contributed by atoms with van der Waals surface area (Å²) in [6, 6.07) is 6.41. The molecule has 1 atom stereocenters. The molecule has 4 rings (SSSR count). The highest BCUT2D eigenvalue weighted by atomic mass is 16.5. The number of aromatic hydroxyl groups is 1. The van der Waals surface area contributed by atoms with Crippen molar-refractivity contribution in [3.05, 3.63) is 36.2 Å². The van der Waals surface area contributed by atoms with E-state index in [9.17, 15) is 5.11 Å². The third-order valence-electron chi connectivity index (χ3n) is 6.55. The summed E-state index contributed by atoms with van der Waals surface area (Å²) in [4.78, 5) is 2.44. The summed E-state index contributed by atoms with van der Waals surface area (Å²) in [6.45, 7) is 6.73. The van der Waals surface area contributed by atoms with Crippen molar-refractivity contribution in [3.8, 4) is 11.5 Å². The van der Waals surface area contributed by atoms with Gasteiger partial charge in [-0.3, -0.25) is 4.68 Å². The second-order valence-electron chi connectivity index (χ2n) is 8.59. The molecule has 164 valence electrons. The molecular weight excluding hydrogens is 378 g/mol. The molecule has 1 saturated carbocycles. The Morgan fingerprint density at radius 2 is 1.97 bits per heavy atom. The van der Waals surface area contributed by atoms with Crippen LogP contribution in [-0.2, 0) is 11.3 Å². The van der Waals surface area contributed by atoms with Gasteiger partial charge in [-0.1, -0.05) is 12.5 Å². The second kappa shape index (κ2) is 9.73. The summed E-state index contributed by atoms with van der Waals surface area (Å²) in [5.74, 6) is 0.843. The molecule has 2 fully saturated rings. The molecule has 2 heterocycles. The molecule has 0 radical (unpaired) electrons. The van der Waals surface area contributed by atoms with Gasteiger partial charge in [0, 0.05) is 32.0 Å². The lowest BCUT2D eigenvalue weighted by Crippen LogP contribution is -2.41. The van der Waals surface area contributed by atoms with Gasteiger partial charge in [0.2, 0.25) is 0 Å². The van der Waals surface area contributed by atoms with Crippen LogP contribution in [0.4, 0.5) is 5.69 Å². The van der Waals surface area contributed by atoms with Crippen LogP contribution in [0.5, 0.6) is 11.5 Å². The molecule has 1 aromatic heterocycles. The quantitative estimate of drug-likeness (QED) is 0.687. The van der Waals surface area contributed by atoms with E-state index in [2.05, 4.69) is 36.1 Å². The molecule has 1 N–H and O–H groups in total. The maximum Gasteiger partial charge on any atom is 0.161 e. The zero-order valence-corrected chi connectivity index (χ0v) is 18.3. The molecule has 1 aliphatic heterocycles. The molecule has 2 aliphatic rings. The van der Waals surface area contributed by atoms with Crippen molar-refractivity contribution in [1.82, 2.24) is 9.78 Å². The Morgan fingerprint density at radius 3 is 2.63 bits per heavy atom. The fourth-order valence-electron chi connectivity index (χ4n) is 4.79. The van der Waals surface area contributed by atoms with E-state index in [-0.39, 0.29) is 17.9 Å². The Balaban J connectivity index is 1.55. The minimum atomic E-state index is 0.109. The summed E-state index contributed by atoms with van der Waals surface area (Å²) < 4.78 is 13.7. The summed E-state index contributed by atoms with van der Waals surface area (Å²) >= 11 is 0. The zero-order valence-electron chi connectivity index (χ0n) is 18.3. The molecule has 1 aliphatic carbocycles. The maximum atomic E-state index is 10.7. The average Bonchev–Trinajstić information content (AvgIpc) is 3.25. The number of benzene rings is 1. The summed E-state index contributed by atoms with van der Waals surface area (Å²) in [5, 5.41) is 15.2. The fraction of sp³-hybridized carbons (Fsp3) is 0.625. The zero-order chi connectivity index (χ0) is 20.9. The Hall–Kier alpha value is -2.21. The van der Waals surface area contributed by atoms with Crippen molar-refractivity contribution in [2.75, 3.05) is 18.1 Å². The van der Waals surface area contributed by atoms with Crippen molar-refractivity contribution in [2.24, 2.45) is 0 Å². The lowest BCUT2D eigenvalue weighted by molar-refractivity contribution is 0.0828. The first-order chi connectivity index (χ1) is 14.7. The van der Waals surface area contributed by atoms with E-state index in [4.69, 9.17) is 9.47 Å². The van der Waals surface area contributed by atoms with Crippen molar-refractivity contribution >= 4 is 5.69 Å². The molecule has 6 nitrogen and oxygen atoms in total. The van der Waals surface area contributed by atoms with Crippen LogP contribution in [0.2, 0.25) is 0 Å². The molecule has 2 aromatic rings. The number of phenolic OH excluding ortho intramolecular Hbond substituents is 1. The predicted molar refractivity (Wildman–Crippen MR) is 118 cm³/mol. The van der Waals surface area contributed by atoms with Crippen molar-refractivity contribution < 1.29 is 14.6 Å². The number of rotatable bonds is 7. The van der Waals surface area contributed by atoms with Gasteiger partial charge in [-0.25, -0.2) is 0 Å². The first-order valence-electron chi connectivity index (χ1n) is 11.5. The van der Waals surface area contributed by atoms with Crippen LogP contribution in [0.1, 0.15) is 70.4 Å². The van der Waals surface area contributed by atoms with E-state index in [1.165, 1.54) is 19.3 Å². The predicted octanol–water partition coefficient (Wildman–Crippen LogP) is 5.07. The summed E-state index contributed by atoms with van der Waals surface area (Å²) in [6.07, 6.45) is 12.2. The van der Waals surface area contributed by atoms with Gasteiger partial charge in [0.15, 0.2) is 11.5 Å². The molecular formula is C24H35N3O3. The van der Waals surface area contributed by atoms with E-state index in [1.807, 2.05) is 23.0 Å². The second-order valence-corrected chi connectivity index (χ2v) is 8.59. The van der Waals surface area contributed by atoms with Crippen LogP contribution < -0.4 is 9.64 Å². The van der Waals surface area contributed by atoms with Gasteiger partial charge < -0.3 is 19.5 Å². The highest BCUT2D eigenvalue weighted by Crippen LogP contribution is 2.37. The molecule has 0 amide bonds. The lowest BCUT2D eigenvalue weighted by atomic mass is 9.97. The molecule has 0 bridgehead atoms. The molecule has 30 heavy (non-hydrogen) atoms. The number of ether oxygens (including phenoxy) is 2. The number of hydrogen-bond acceptors (Lipinski definition) is 5. The number of nitrogens with zero attached hydrogens (tertiary/aromatic N) is 3. The van der Waals surface area contributed by atoms with Gasteiger partial charge in [-0.15, -0.1) is 0 Å². The van der Waals surface area contributed by atoms with Crippen LogP contribution in [0.3, 0.4) is 0 Å². The number of hydrogen-bond donors (Lipinski definition) is 1.